The number of nitrogens with zero attached hydrogens (tertiary/aromatic N) is 2. The molecule has 1 amide bonds. The van der Waals surface area contributed by atoms with Crippen LogP contribution < -0.4 is 5.32 Å². The van der Waals surface area contributed by atoms with Gasteiger partial charge in [-0.15, -0.1) is 5.10 Å². The van der Waals surface area contributed by atoms with Crippen LogP contribution in [0.3, 0.4) is 0 Å². The molecule has 0 radical (unpaired) electrons. The van der Waals surface area contributed by atoms with E-state index in [1.54, 1.807) is 0 Å². The standard InChI is InChI=1S/C12H20N4O2/c1-8(2)10-14-11(16-15-10)12(17)13-7-9-5-3-4-6-18-9/h8-9H,3-7H2,1-2H3,(H,13,17)(H,14,15,16). The van der Waals surface area contributed by atoms with Crippen LogP contribution in [0.25, 0.3) is 0 Å². The number of rotatable bonds is 4. The average molecular weight is 252 g/mol. The number of H-pyrrole nitrogens is 1. The zero-order chi connectivity index (χ0) is 13.0. The summed E-state index contributed by atoms with van der Waals surface area (Å²) < 4.78 is 5.54. The number of nitrogens with one attached hydrogen (secondary N) is 2. The molecule has 0 bridgehead atoms. The second-order valence-corrected chi connectivity index (χ2v) is 4.90. The molecule has 1 saturated heterocycles. The largest absolute Gasteiger partial charge is 0.376 e. The Morgan fingerprint density at radius 3 is 3.00 bits per heavy atom. The van der Waals surface area contributed by atoms with E-state index in [1.165, 1.54) is 6.42 Å². The molecule has 1 atom stereocenters. The number of carbonyl (C=O) groups excluding carboxylic acids is 1. The third-order valence-electron chi connectivity index (χ3n) is 3.02. The van der Waals surface area contributed by atoms with Crippen molar-refractivity contribution in [2.24, 2.45) is 0 Å². The molecule has 18 heavy (non-hydrogen) atoms. The summed E-state index contributed by atoms with van der Waals surface area (Å²) >= 11 is 0. The molecule has 6 nitrogen and oxygen atoms in total. The summed E-state index contributed by atoms with van der Waals surface area (Å²) in [5.74, 6) is 0.927. The van der Waals surface area contributed by atoms with Crippen LogP contribution >= 0.6 is 0 Å². The Kier molecular flexibility index (Phi) is 4.30. The predicted octanol–water partition coefficient (Wildman–Crippen LogP) is 1.23. The number of aromatic amines is 1. The lowest BCUT2D eigenvalue weighted by Gasteiger charge is -2.22. The van der Waals surface area contributed by atoms with Crippen LogP contribution in [0.4, 0.5) is 0 Å². The van der Waals surface area contributed by atoms with E-state index in [-0.39, 0.29) is 23.8 Å². The molecule has 2 rings (SSSR count). The first-order chi connectivity index (χ1) is 8.66. The Morgan fingerprint density at radius 2 is 2.39 bits per heavy atom. The highest BCUT2D eigenvalue weighted by Gasteiger charge is 2.18. The van der Waals surface area contributed by atoms with E-state index < -0.39 is 0 Å². The van der Waals surface area contributed by atoms with Crippen molar-refractivity contribution in [1.82, 2.24) is 20.5 Å². The maximum atomic E-state index is 11.8. The van der Waals surface area contributed by atoms with Crippen molar-refractivity contribution in [3.05, 3.63) is 11.6 Å². The van der Waals surface area contributed by atoms with Gasteiger partial charge in [-0.05, 0) is 19.3 Å². The Morgan fingerprint density at radius 1 is 1.56 bits per heavy atom. The van der Waals surface area contributed by atoms with E-state index in [2.05, 4.69) is 20.5 Å². The Hall–Kier alpha value is -1.43. The minimum absolute atomic E-state index is 0.131. The summed E-state index contributed by atoms with van der Waals surface area (Å²) in [6, 6.07) is 0. The average Bonchev–Trinajstić information content (AvgIpc) is 2.87. The lowest BCUT2D eigenvalue weighted by atomic mass is 10.1. The van der Waals surface area contributed by atoms with Crippen LogP contribution in [0.1, 0.15) is 55.5 Å². The van der Waals surface area contributed by atoms with Crippen molar-refractivity contribution in [1.29, 1.82) is 0 Å². The molecule has 0 aliphatic carbocycles. The van der Waals surface area contributed by atoms with E-state index in [0.29, 0.717) is 6.54 Å². The number of aromatic nitrogens is 3. The van der Waals surface area contributed by atoms with Crippen LogP contribution in [-0.2, 0) is 4.74 Å². The highest BCUT2D eigenvalue weighted by Crippen LogP contribution is 2.12. The molecular weight excluding hydrogens is 232 g/mol. The molecule has 6 heteroatoms. The predicted molar refractivity (Wildman–Crippen MR) is 66.4 cm³/mol. The fourth-order valence-corrected chi connectivity index (χ4v) is 1.89. The van der Waals surface area contributed by atoms with Gasteiger partial charge in [0.05, 0.1) is 6.10 Å². The summed E-state index contributed by atoms with van der Waals surface area (Å²) in [4.78, 5) is 16.0. The number of hydrogen-bond acceptors (Lipinski definition) is 4. The minimum Gasteiger partial charge on any atom is -0.376 e. The van der Waals surface area contributed by atoms with E-state index in [9.17, 15) is 4.79 Å². The van der Waals surface area contributed by atoms with Gasteiger partial charge in [0.15, 0.2) is 0 Å². The highest BCUT2D eigenvalue weighted by atomic mass is 16.5. The van der Waals surface area contributed by atoms with Gasteiger partial charge in [-0.25, -0.2) is 4.98 Å². The lowest BCUT2D eigenvalue weighted by Crippen LogP contribution is -2.35. The van der Waals surface area contributed by atoms with Gasteiger partial charge in [-0.3, -0.25) is 9.89 Å². The van der Waals surface area contributed by atoms with Gasteiger partial charge < -0.3 is 10.1 Å². The van der Waals surface area contributed by atoms with Gasteiger partial charge in [0.25, 0.3) is 5.91 Å². The fourth-order valence-electron chi connectivity index (χ4n) is 1.89. The monoisotopic (exact) mass is 252 g/mol. The Bertz CT molecular complexity index is 397. The number of amides is 1. The van der Waals surface area contributed by atoms with Crippen LogP contribution in [0, 0.1) is 0 Å². The molecule has 0 saturated carbocycles. The van der Waals surface area contributed by atoms with Gasteiger partial charge in [0.1, 0.15) is 5.82 Å². The Labute approximate surface area is 107 Å². The topological polar surface area (TPSA) is 79.9 Å². The number of hydrogen-bond donors (Lipinski definition) is 2. The summed E-state index contributed by atoms with van der Waals surface area (Å²) in [6.07, 6.45) is 3.42. The fraction of sp³-hybridized carbons (Fsp3) is 0.750. The van der Waals surface area contributed by atoms with Crippen molar-refractivity contribution < 1.29 is 9.53 Å². The van der Waals surface area contributed by atoms with Crippen molar-refractivity contribution in [3.8, 4) is 0 Å². The quantitative estimate of drug-likeness (QED) is 0.844. The molecule has 2 heterocycles. The first kappa shape index (κ1) is 13.0. The molecule has 1 aliphatic heterocycles. The van der Waals surface area contributed by atoms with Crippen molar-refractivity contribution >= 4 is 5.91 Å². The van der Waals surface area contributed by atoms with E-state index in [4.69, 9.17) is 4.74 Å². The molecule has 0 aromatic carbocycles. The molecule has 1 aromatic heterocycles. The van der Waals surface area contributed by atoms with Crippen LogP contribution in [0.5, 0.6) is 0 Å². The van der Waals surface area contributed by atoms with Crippen LogP contribution in [-0.4, -0.2) is 40.3 Å². The zero-order valence-corrected chi connectivity index (χ0v) is 10.9. The first-order valence-electron chi connectivity index (χ1n) is 6.49. The van der Waals surface area contributed by atoms with E-state index in [0.717, 1.165) is 25.3 Å². The maximum absolute atomic E-state index is 11.8. The smallest absolute Gasteiger partial charge is 0.291 e. The SMILES string of the molecule is CC(C)c1nc(C(=O)NCC2CCCCO2)n[nH]1. The maximum Gasteiger partial charge on any atom is 0.291 e. The lowest BCUT2D eigenvalue weighted by molar-refractivity contribution is 0.0168. The van der Waals surface area contributed by atoms with Crippen LogP contribution in [0.2, 0.25) is 0 Å². The zero-order valence-electron chi connectivity index (χ0n) is 10.9. The molecule has 1 unspecified atom stereocenters. The molecular formula is C12H20N4O2. The normalized spacial score (nSPS) is 20.1. The van der Waals surface area contributed by atoms with Crippen LogP contribution in [0.15, 0.2) is 0 Å². The molecule has 100 valence electrons. The highest BCUT2D eigenvalue weighted by molar-refractivity contribution is 5.90. The number of ether oxygens (including phenoxy) is 1. The summed E-state index contributed by atoms with van der Waals surface area (Å²) in [7, 11) is 0. The van der Waals surface area contributed by atoms with Crippen molar-refractivity contribution in [3.63, 3.8) is 0 Å². The van der Waals surface area contributed by atoms with Gasteiger partial charge in [-0.2, -0.15) is 0 Å². The second-order valence-electron chi connectivity index (χ2n) is 4.90. The number of carbonyl (C=O) groups is 1. The third kappa shape index (κ3) is 3.29. The summed E-state index contributed by atoms with van der Waals surface area (Å²) in [5, 5.41) is 9.49. The summed E-state index contributed by atoms with van der Waals surface area (Å²) in [6.45, 7) is 5.32. The summed E-state index contributed by atoms with van der Waals surface area (Å²) in [5.41, 5.74) is 0. The molecule has 1 fully saturated rings. The molecule has 1 aromatic rings. The van der Waals surface area contributed by atoms with Gasteiger partial charge in [-0.1, -0.05) is 13.8 Å². The molecule has 2 N–H and O–H groups in total. The minimum atomic E-state index is -0.243. The third-order valence-corrected chi connectivity index (χ3v) is 3.02. The van der Waals surface area contributed by atoms with Crippen molar-refractivity contribution in [2.75, 3.05) is 13.2 Å². The van der Waals surface area contributed by atoms with Gasteiger partial charge in [0, 0.05) is 19.1 Å². The first-order valence-corrected chi connectivity index (χ1v) is 6.49. The van der Waals surface area contributed by atoms with E-state index >= 15 is 0 Å². The molecule has 0 spiro atoms. The van der Waals surface area contributed by atoms with Crippen molar-refractivity contribution in [2.45, 2.75) is 45.1 Å². The molecule has 1 aliphatic rings. The Balaban J connectivity index is 1.83. The van der Waals surface area contributed by atoms with E-state index in [1.807, 2.05) is 13.8 Å². The second kappa shape index (κ2) is 5.95. The van der Waals surface area contributed by atoms with Gasteiger partial charge in [0.2, 0.25) is 5.82 Å². The van der Waals surface area contributed by atoms with Gasteiger partial charge >= 0.3 is 0 Å².